The second-order valence-corrected chi connectivity index (χ2v) is 1.97. The Morgan fingerprint density at radius 1 is 1.89 bits per heavy atom. The Morgan fingerprint density at radius 2 is 2.44 bits per heavy atom. The molecule has 3 nitrogen and oxygen atoms in total. The summed E-state index contributed by atoms with van der Waals surface area (Å²) < 4.78 is 0. The molecule has 0 radical (unpaired) electrons. The van der Waals surface area contributed by atoms with Crippen molar-refractivity contribution in [2.75, 3.05) is 0 Å². The zero-order valence-electron chi connectivity index (χ0n) is 5.85. The van der Waals surface area contributed by atoms with E-state index in [1.165, 1.54) is 6.92 Å². The molecule has 0 aromatic rings. The van der Waals surface area contributed by atoms with Gasteiger partial charge in [0.1, 0.15) is 5.78 Å². The van der Waals surface area contributed by atoms with E-state index in [2.05, 4.69) is 5.43 Å². The van der Waals surface area contributed by atoms with Gasteiger partial charge in [0.25, 0.3) is 0 Å². The molecule has 0 heterocycles. The van der Waals surface area contributed by atoms with Crippen molar-refractivity contribution in [1.29, 1.82) is 0 Å². The van der Waals surface area contributed by atoms with Crippen LogP contribution in [0.25, 0.3) is 0 Å². The summed E-state index contributed by atoms with van der Waals surface area (Å²) in [5.74, 6) is 5.15. The van der Waals surface area contributed by atoms with E-state index >= 15 is 0 Å². The quantitative estimate of drug-likeness (QED) is 0.319. The highest BCUT2D eigenvalue weighted by Crippen LogP contribution is 1.93. The summed E-state index contributed by atoms with van der Waals surface area (Å²) in [5.41, 5.74) is 2.42. The first-order valence-electron chi connectivity index (χ1n) is 2.96. The van der Waals surface area contributed by atoms with Crippen LogP contribution in [-0.4, -0.2) is 11.8 Å². The van der Waals surface area contributed by atoms with Crippen LogP contribution >= 0.6 is 0 Å². The molecule has 0 rings (SSSR count). The molecule has 0 saturated heterocycles. The van der Waals surface area contributed by atoms with Crippen LogP contribution in [0.15, 0.2) is 0 Å². The zero-order valence-corrected chi connectivity index (χ0v) is 5.85. The number of hydrogen-bond acceptors (Lipinski definition) is 3. The summed E-state index contributed by atoms with van der Waals surface area (Å²) in [6, 6.07) is -0.199. The lowest BCUT2D eigenvalue weighted by molar-refractivity contribution is -0.119. The van der Waals surface area contributed by atoms with Gasteiger partial charge in [-0.2, -0.15) is 13.3 Å². The van der Waals surface area contributed by atoms with Crippen molar-refractivity contribution in [2.24, 2.45) is 5.84 Å². The SMILES string of the molecule is C[CH-]CC(NN)C(C)=O. The van der Waals surface area contributed by atoms with Crippen molar-refractivity contribution in [3.63, 3.8) is 0 Å². The van der Waals surface area contributed by atoms with Crippen LogP contribution in [0.4, 0.5) is 0 Å². The Labute approximate surface area is 55.6 Å². The van der Waals surface area contributed by atoms with Gasteiger partial charge in [-0.1, -0.05) is 0 Å². The number of nitrogens with two attached hydrogens (primary N) is 1. The topological polar surface area (TPSA) is 55.1 Å². The summed E-state index contributed by atoms with van der Waals surface area (Å²) >= 11 is 0. The van der Waals surface area contributed by atoms with Gasteiger partial charge < -0.3 is 6.42 Å². The number of carbonyl (C=O) groups is 1. The second-order valence-electron chi connectivity index (χ2n) is 1.97. The maximum atomic E-state index is 10.6. The molecule has 0 amide bonds. The van der Waals surface area contributed by atoms with Crippen molar-refractivity contribution >= 4 is 5.78 Å². The number of hydrazine groups is 1. The Balaban J connectivity index is 3.54. The third kappa shape index (κ3) is 3.21. The number of hydrogen-bond donors (Lipinski definition) is 2. The molecule has 0 saturated carbocycles. The molecule has 0 aromatic carbocycles. The van der Waals surface area contributed by atoms with Crippen LogP contribution in [0.2, 0.25) is 0 Å². The fourth-order valence-electron chi connectivity index (χ4n) is 0.587. The summed E-state index contributed by atoms with van der Waals surface area (Å²) in [7, 11) is 0. The predicted molar refractivity (Wildman–Crippen MR) is 36.4 cm³/mol. The highest BCUT2D eigenvalue weighted by molar-refractivity contribution is 5.81. The number of Topliss-reactive ketones (excluding diaryl/α,β-unsaturated/α-hetero) is 1. The Bertz CT molecular complexity index is 93.1. The minimum absolute atomic E-state index is 0.0793. The first-order valence-corrected chi connectivity index (χ1v) is 2.96. The summed E-state index contributed by atoms with van der Waals surface area (Å²) in [4.78, 5) is 10.6. The lowest BCUT2D eigenvalue weighted by Gasteiger charge is -2.14. The number of ketones is 1. The van der Waals surface area contributed by atoms with Gasteiger partial charge in [0.15, 0.2) is 0 Å². The molecule has 0 fully saturated rings. The van der Waals surface area contributed by atoms with Gasteiger partial charge in [-0.15, -0.1) is 0 Å². The maximum absolute atomic E-state index is 10.6. The average Bonchev–Trinajstić information content (AvgIpc) is 1.82. The molecule has 1 atom stereocenters. The van der Waals surface area contributed by atoms with Crippen LogP contribution < -0.4 is 11.3 Å². The van der Waals surface area contributed by atoms with E-state index in [0.717, 1.165) is 0 Å². The predicted octanol–water partition coefficient (Wildman–Crippen LogP) is 0.0216. The monoisotopic (exact) mass is 129 g/mol. The van der Waals surface area contributed by atoms with E-state index in [1.807, 2.05) is 13.3 Å². The van der Waals surface area contributed by atoms with E-state index in [4.69, 9.17) is 5.84 Å². The van der Waals surface area contributed by atoms with Crippen molar-refractivity contribution in [2.45, 2.75) is 26.3 Å². The third-order valence-corrected chi connectivity index (χ3v) is 1.16. The number of nitrogens with one attached hydrogen (secondary N) is 1. The highest BCUT2D eigenvalue weighted by atomic mass is 16.1. The van der Waals surface area contributed by atoms with Crippen LogP contribution in [0.5, 0.6) is 0 Å². The fraction of sp³-hybridized carbons (Fsp3) is 0.667. The van der Waals surface area contributed by atoms with Gasteiger partial charge in [0.05, 0.1) is 6.04 Å². The Morgan fingerprint density at radius 3 is 2.56 bits per heavy atom. The van der Waals surface area contributed by atoms with E-state index in [1.54, 1.807) is 0 Å². The van der Waals surface area contributed by atoms with E-state index in [0.29, 0.717) is 6.42 Å². The minimum Gasteiger partial charge on any atom is -0.330 e. The molecular weight excluding hydrogens is 116 g/mol. The molecule has 0 aliphatic carbocycles. The molecule has 0 aromatic heterocycles. The Kier molecular flexibility index (Phi) is 4.26. The van der Waals surface area contributed by atoms with Gasteiger partial charge in [-0.3, -0.25) is 16.1 Å². The van der Waals surface area contributed by atoms with Crippen LogP contribution in [0, 0.1) is 6.42 Å². The van der Waals surface area contributed by atoms with Crippen LogP contribution in [0.1, 0.15) is 20.3 Å². The van der Waals surface area contributed by atoms with E-state index in [-0.39, 0.29) is 11.8 Å². The second kappa shape index (κ2) is 4.47. The largest absolute Gasteiger partial charge is 0.330 e. The normalized spacial score (nSPS) is 13.2. The smallest absolute Gasteiger partial charge is 0.145 e. The molecule has 54 valence electrons. The standard InChI is InChI=1S/C6H13N2O/c1-3-4-6(8-7)5(2)9/h3,6,8H,4,7H2,1-2H3/q-1. The minimum atomic E-state index is -0.199. The molecule has 0 bridgehead atoms. The highest BCUT2D eigenvalue weighted by Gasteiger charge is 2.04. The van der Waals surface area contributed by atoms with Gasteiger partial charge in [0, 0.05) is 0 Å². The molecule has 3 heteroatoms. The third-order valence-electron chi connectivity index (χ3n) is 1.16. The van der Waals surface area contributed by atoms with E-state index in [9.17, 15) is 4.79 Å². The Hall–Kier alpha value is -0.410. The van der Waals surface area contributed by atoms with E-state index < -0.39 is 0 Å². The summed E-state index contributed by atoms with van der Waals surface area (Å²) in [5, 5.41) is 0. The lowest BCUT2D eigenvalue weighted by atomic mass is 10.1. The molecular formula is C6H13N2O-. The molecule has 1 unspecified atom stereocenters. The van der Waals surface area contributed by atoms with Crippen molar-refractivity contribution in [3.8, 4) is 0 Å². The molecule has 3 N–H and O–H groups in total. The van der Waals surface area contributed by atoms with Gasteiger partial charge >= 0.3 is 0 Å². The molecule has 0 spiro atoms. The molecule has 0 aliphatic rings. The maximum Gasteiger partial charge on any atom is 0.145 e. The van der Waals surface area contributed by atoms with Gasteiger partial charge in [-0.05, 0) is 6.92 Å². The summed E-state index contributed by atoms with van der Waals surface area (Å²) in [6.45, 7) is 3.42. The van der Waals surface area contributed by atoms with Crippen LogP contribution in [-0.2, 0) is 4.79 Å². The first-order chi connectivity index (χ1) is 4.22. The lowest BCUT2D eigenvalue weighted by Crippen LogP contribution is -2.40. The summed E-state index contributed by atoms with van der Waals surface area (Å²) in [6.07, 6.45) is 2.61. The fourth-order valence-corrected chi connectivity index (χ4v) is 0.587. The van der Waals surface area contributed by atoms with Gasteiger partial charge in [0.2, 0.25) is 0 Å². The van der Waals surface area contributed by atoms with Crippen molar-refractivity contribution in [1.82, 2.24) is 5.43 Å². The number of carbonyl (C=O) groups excluding carboxylic acids is 1. The zero-order chi connectivity index (χ0) is 7.28. The molecule has 9 heavy (non-hydrogen) atoms. The van der Waals surface area contributed by atoms with Crippen molar-refractivity contribution < 1.29 is 4.79 Å². The molecule has 0 aliphatic heterocycles. The van der Waals surface area contributed by atoms with Crippen molar-refractivity contribution in [3.05, 3.63) is 6.42 Å². The van der Waals surface area contributed by atoms with Gasteiger partial charge in [-0.25, -0.2) is 0 Å². The first kappa shape index (κ1) is 8.59. The number of rotatable bonds is 4. The van der Waals surface area contributed by atoms with Crippen LogP contribution in [0.3, 0.4) is 0 Å². The average molecular weight is 129 g/mol.